The molecular formula is C10H10BrO2. The molecule has 0 N–H and O–H groups in total. The molecule has 1 rings (SSSR count). The Morgan fingerprint density at radius 2 is 2.08 bits per heavy atom. The van der Waals surface area contributed by atoms with Gasteiger partial charge in [-0.15, -0.1) is 0 Å². The molecule has 0 aliphatic carbocycles. The highest BCUT2D eigenvalue weighted by Gasteiger charge is 2.06. The number of hydrogen-bond acceptors (Lipinski definition) is 2. The molecule has 0 aromatic heterocycles. The van der Waals surface area contributed by atoms with Gasteiger partial charge in [0.1, 0.15) is 5.75 Å². The number of halogens is 1. The molecule has 0 bridgehead atoms. The Morgan fingerprint density at radius 1 is 1.46 bits per heavy atom. The zero-order chi connectivity index (χ0) is 9.68. The van der Waals surface area contributed by atoms with Crippen LogP contribution in [0.3, 0.4) is 0 Å². The standard InChI is InChI=1S/C10H10BrO2/c1-2-9(7-12)13-10-5-3-8(11)4-6-10/h3-6,9H,2H2,1H3. The number of carbonyl (C=O) groups excluding carboxylic acids is 1. The number of benzene rings is 1. The first-order chi connectivity index (χ1) is 6.26. The molecule has 0 aliphatic rings. The molecule has 0 aliphatic heterocycles. The van der Waals surface area contributed by atoms with E-state index in [1.54, 1.807) is 0 Å². The highest BCUT2D eigenvalue weighted by Crippen LogP contribution is 2.17. The van der Waals surface area contributed by atoms with Gasteiger partial charge in [0.05, 0.1) is 0 Å². The summed E-state index contributed by atoms with van der Waals surface area (Å²) in [4.78, 5) is 10.3. The van der Waals surface area contributed by atoms with Gasteiger partial charge in [-0.1, -0.05) is 22.9 Å². The van der Waals surface area contributed by atoms with Gasteiger partial charge in [0.25, 0.3) is 0 Å². The van der Waals surface area contributed by atoms with Gasteiger partial charge in [-0.2, -0.15) is 0 Å². The van der Waals surface area contributed by atoms with Crippen LogP contribution in [-0.2, 0) is 4.79 Å². The molecule has 13 heavy (non-hydrogen) atoms. The number of rotatable bonds is 4. The molecule has 0 saturated carbocycles. The lowest BCUT2D eigenvalue weighted by Gasteiger charge is -2.09. The van der Waals surface area contributed by atoms with Crippen molar-refractivity contribution in [1.29, 1.82) is 0 Å². The summed E-state index contributed by atoms with van der Waals surface area (Å²) < 4.78 is 6.31. The minimum Gasteiger partial charge on any atom is -0.482 e. The van der Waals surface area contributed by atoms with Gasteiger partial charge in [0, 0.05) is 4.47 Å². The Bertz CT molecular complexity index is 269. The summed E-state index contributed by atoms with van der Waals surface area (Å²) >= 11 is 3.31. The van der Waals surface area contributed by atoms with Crippen LogP contribution in [0.25, 0.3) is 0 Å². The predicted octanol–water partition coefficient (Wildman–Crippen LogP) is 2.72. The molecule has 2 nitrogen and oxygen atoms in total. The lowest BCUT2D eigenvalue weighted by atomic mass is 10.3. The molecule has 0 amide bonds. The van der Waals surface area contributed by atoms with E-state index in [0.717, 1.165) is 4.47 Å². The SMILES string of the molecule is CCC([C]=O)Oc1ccc(Br)cc1. The number of ether oxygens (including phenoxy) is 1. The van der Waals surface area contributed by atoms with E-state index in [0.29, 0.717) is 12.2 Å². The van der Waals surface area contributed by atoms with Crippen LogP contribution in [0.1, 0.15) is 13.3 Å². The molecule has 0 spiro atoms. The van der Waals surface area contributed by atoms with E-state index in [1.807, 2.05) is 37.5 Å². The van der Waals surface area contributed by atoms with E-state index in [2.05, 4.69) is 15.9 Å². The van der Waals surface area contributed by atoms with Crippen molar-refractivity contribution < 1.29 is 9.53 Å². The third-order valence-electron chi connectivity index (χ3n) is 1.59. The molecule has 1 aromatic rings. The zero-order valence-corrected chi connectivity index (χ0v) is 8.87. The van der Waals surface area contributed by atoms with Gasteiger partial charge >= 0.3 is 0 Å². The van der Waals surface area contributed by atoms with Crippen LogP contribution in [0, 0.1) is 0 Å². The molecule has 3 heteroatoms. The summed E-state index contributed by atoms with van der Waals surface area (Å²) in [5, 5.41) is 0. The van der Waals surface area contributed by atoms with Crippen molar-refractivity contribution >= 4 is 22.2 Å². The summed E-state index contributed by atoms with van der Waals surface area (Å²) in [6, 6.07) is 7.36. The van der Waals surface area contributed by atoms with Gasteiger partial charge in [-0.05, 0) is 30.7 Å². The minimum absolute atomic E-state index is 0.457. The van der Waals surface area contributed by atoms with Gasteiger partial charge < -0.3 is 4.74 Å². The van der Waals surface area contributed by atoms with Crippen LogP contribution in [0.5, 0.6) is 5.75 Å². The van der Waals surface area contributed by atoms with Gasteiger partial charge in [-0.3, -0.25) is 4.79 Å². The van der Waals surface area contributed by atoms with Crippen molar-refractivity contribution in [2.45, 2.75) is 19.4 Å². The molecule has 1 atom stereocenters. The maximum atomic E-state index is 10.3. The zero-order valence-electron chi connectivity index (χ0n) is 7.29. The van der Waals surface area contributed by atoms with E-state index < -0.39 is 6.10 Å². The van der Waals surface area contributed by atoms with Crippen molar-refractivity contribution in [3.63, 3.8) is 0 Å². The largest absolute Gasteiger partial charge is 0.482 e. The molecule has 0 saturated heterocycles. The Hall–Kier alpha value is -0.830. The highest BCUT2D eigenvalue weighted by atomic mass is 79.9. The first kappa shape index (κ1) is 10.3. The molecular weight excluding hydrogens is 232 g/mol. The predicted molar refractivity (Wildman–Crippen MR) is 54.5 cm³/mol. The third kappa shape index (κ3) is 3.19. The lowest BCUT2D eigenvalue weighted by molar-refractivity contribution is 0.255. The fourth-order valence-electron chi connectivity index (χ4n) is 0.868. The summed E-state index contributed by atoms with van der Waals surface area (Å²) in [6.07, 6.45) is 2.01. The van der Waals surface area contributed by atoms with E-state index in [-0.39, 0.29) is 0 Å². The first-order valence-corrected chi connectivity index (χ1v) is 4.85. The quantitative estimate of drug-likeness (QED) is 0.811. The normalized spacial score (nSPS) is 12.2. The first-order valence-electron chi connectivity index (χ1n) is 4.06. The molecule has 1 aromatic carbocycles. The van der Waals surface area contributed by atoms with Gasteiger partial charge in [0.15, 0.2) is 6.10 Å². The van der Waals surface area contributed by atoms with E-state index in [4.69, 9.17) is 4.74 Å². The summed E-state index contributed by atoms with van der Waals surface area (Å²) in [6.45, 7) is 1.88. The summed E-state index contributed by atoms with van der Waals surface area (Å²) in [7, 11) is 0. The van der Waals surface area contributed by atoms with Crippen molar-refractivity contribution in [3.05, 3.63) is 28.7 Å². The lowest BCUT2D eigenvalue weighted by Crippen LogP contribution is -2.16. The topological polar surface area (TPSA) is 26.3 Å². The van der Waals surface area contributed by atoms with E-state index in [9.17, 15) is 4.79 Å². The average molecular weight is 242 g/mol. The number of hydrogen-bond donors (Lipinski definition) is 0. The second-order valence-corrected chi connectivity index (χ2v) is 3.50. The Morgan fingerprint density at radius 3 is 2.54 bits per heavy atom. The second kappa shape index (κ2) is 5.02. The van der Waals surface area contributed by atoms with Crippen LogP contribution < -0.4 is 4.74 Å². The van der Waals surface area contributed by atoms with Gasteiger partial charge in [0.2, 0.25) is 6.29 Å². The average Bonchev–Trinajstić information content (AvgIpc) is 2.17. The monoisotopic (exact) mass is 241 g/mol. The highest BCUT2D eigenvalue weighted by molar-refractivity contribution is 9.10. The maximum absolute atomic E-state index is 10.3. The van der Waals surface area contributed by atoms with Crippen LogP contribution in [0.4, 0.5) is 0 Å². The van der Waals surface area contributed by atoms with Gasteiger partial charge in [-0.25, -0.2) is 0 Å². The van der Waals surface area contributed by atoms with E-state index in [1.165, 1.54) is 0 Å². The Kier molecular flexibility index (Phi) is 3.96. The summed E-state index contributed by atoms with van der Waals surface area (Å²) in [5.74, 6) is 0.693. The smallest absolute Gasteiger partial charge is 0.242 e. The Balaban J connectivity index is 2.63. The summed E-state index contributed by atoms with van der Waals surface area (Å²) in [5.41, 5.74) is 0. The fraction of sp³-hybridized carbons (Fsp3) is 0.300. The Labute approximate surface area is 86.0 Å². The minimum atomic E-state index is -0.457. The molecule has 69 valence electrons. The van der Waals surface area contributed by atoms with E-state index >= 15 is 0 Å². The van der Waals surface area contributed by atoms with Crippen molar-refractivity contribution in [2.24, 2.45) is 0 Å². The second-order valence-electron chi connectivity index (χ2n) is 2.59. The van der Waals surface area contributed by atoms with Crippen LogP contribution in [-0.4, -0.2) is 12.4 Å². The molecule has 0 fully saturated rings. The van der Waals surface area contributed by atoms with Crippen molar-refractivity contribution in [1.82, 2.24) is 0 Å². The van der Waals surface area contributed by atoms with Crippen molar-refractivity contribution in [3.8, 4) is 5.75 Å². The third-order valence-corrected chi connectivity index (χ3v) is 2.12. The van der Waals surface area contributed by atoms with Crippen LogP contribution >= 0.6 is 15.9 Å². The van der Waals surface area contributed by atoms with Crippen LogP contribution in [0.15, 0.2) is 28.7 Å². The van der Waals surface area contributed by atoms with Crippen molar-refractivity contribution in [2.75, 3.05) is 0 Å². The fourth-order valence-corrected chi connectivity index (χ4v) is 1.13. The molecule has 1 unspecified atom stereocenters. The maximum Gasteiger partial charge on any atom is 0.242 e. The molecule has 0 heterocycles. The molecule has 1 radical (unpaired) electrons. The van der Waals surface area contributed by atoms with Crippen LogP contribution in [0.2, 0.25) is 0 Å².